The molecule has 0 aliphatic heterocycles. The lowest BCUT2D eigenvalue weighted by molar-refractivity contribution is -0.139. The Bertz CT molecular complexity index is 1220. The van der Waals surface area contributed by atoms with Crippen LogP contribution >= 0.6 is 0 Å². The summed E-state index contributed by atoms with van der Waals surface area (Å²) < 4.78 is 11.4. The van der Waals surface area contributed by atoms with Gasteiger partial charge in [-0.1, -0.05) is 54.6 Å². The van der Waals surface area contributed by atoms with Crippen LogP contribution in [-0.4, -0.2) is 36.4 Å². The zero-order chi connectivity index (χ0) is 24.4. The number of carbonyl (C=O) groups excluding carboxylic acids is 1. The van der Waals surface area contributed by atoms with E-state index in [1.54, 1.807) is 0 Å². The Hall–Kier alpha value is -3.80. The van der Waals surface area contributed by atoms with E-state index in [1.807, 2.05) is 55.5 Å². The van der Waals surface area contributed by atoms with E-state index in [2.05, 4.69) is 17.4 Å². The number of fused-ring (bicyclic) bond motifs is 4. The third kappa shape index (κ3) is 4.61. The van der Waals surface area contributed by atoms with Crippen molar-refractivity contribution in [3.05, 3.63) is 88.5 Å². The number of carboxylic acids is 1. The second-order valence-corrected chi connectivity index (χ2v) is 9.08. The smallest absolute Gasteiger partial charge is 0.407 e. The van der Waals surface area contributed by atoms with E-state index in [9.17, 15) is 14.7 Å². The minimum atomic E-state index is -1.12. The van der Waals surface area contributed by atoms with Crippen molar-refractivity contribution in [2.45, 2.75) is 44.6 Å². The van der Waals surface area contributed by atoms with Gasteiger partial charge >= 0.3 is 12.1 Å². The zero-order valence-corrected chi connectivity index (χ0v) is 19.8. The van der Waals surface area contributed by atoms with Gasteiger partial charge in [0.1, 0.15) is 18.4 Å². The van der Waals surface area contributed by atoms with Gasteiger partial charge in [-0.15, -0.1) is 0 Å². The van der Waals surface area contributed by atoms with Gasteiger partial charge in [0.25, 0.3) is 0 Å². The number of carbonyl (C=O) groups is 2. The largest absolute Gasteiger partial charge is 0.494 e. The van der Waals surface area contributed by atoms with Crippen molar-refractivity contribution in [1.29, 1.82) is 0 Å². The molecule has 1 atom stereocenters. The summed E-state index contributed by atoms with van der Waals surface area (Å²) in [7, 11) is 0. The molecule has 35 heavy (non-hydrogen) atoms. The Morgan fingerprint density at radius 2 is 1.63 bits per heavy atom. The van der Waals surface area contributed by atoms with E-state index in [-0.39, 0.29) is 18.9 Å². The predicted octanol–water partition coefficient (Wildman–Crippen LogP) is 5.11. The summed E-state index contributed by atoms with van der Waals surface area (Å²) in [6, 6.07) is 19.1. The number of carboxylic acid groups (broad SMARTS) is 1. The molecular weight excluding hydrogens is 442 g/mol. The molecule has 2 N–H and O–H groups in total. The van der Waals surface area contributed by atoms with E-state index in [1.165, 1.54) is 11.1 Å². The highest BCUT2D eigenvalue weighted by atomic mass is 16.5. The Kier molecular flexibility index (Phi) is 6.45. The molecule has 0 aromatic heterocycles. The lowest BCUT2D eigenvalue weighted by Crippen LogP contribution is -2.43. The summed E-state index contributed by atoms with van der Waals surface area (Å²) in [4.78, 5) is 24.7. The quantitative estimate of drug-likeness (QED) is 0.477. The number of aliphatic carboxylic acids is 1. The van der Waals surface area contributed by atoms with E-state index in [0.717, 1.165) is 47.1 Å². The third-order valence-corrected chi connectivity index (χ3v) is 6.93. The third-order valence-electron chi connectivity index (χ3n) is 6.93. The number of nitrogens with one attached hydrogen (secondary N) is 1. The highest BCUT2D eigenvalue weighted by Crippen LogP contribution is 2.44. The molecule has 6 heteroatoms. The summed E-state index contributed by atoms with van der Waals surface area (Å²) in [5, 5.41) is 12.4. The number of ether oxygens (including phenoxy) is 2. The monoisotopic (exact) mass is 471 g/mol. The molecule has 0 spiro atoms. The number of rotatable bonds is 8. The number of alkyl carbamates (subject to hydrolysis) is 1. The molecule has 0 fully saturated rings. The maximum absolute atomic E-state index is 12.7. The SMILES string of the molecule is CCOc1cc2c(cc1CC(NC(=O)OCC1c3ccccc3-c3ccccc31)C(=O)O)CCC2. The maximum Gasteiger partial charge on any atom is 0.407 e. The first-order chi connectivity index (χ1) is 17.0. The van der Waals surface area contributed by atoms with Crippen LogP contribution < -0.4 is 10.1 Å². The minimum absolute atomic E-state index is 0.0855. The molecule has 2 aliphatic rings. The fraction of sp³-hybridized carbons (Fsp3) is 0.310. The van der Waals surface area contributed by atoms with Crippen LogP contribution in [0.15, 0.2) is 60.7 Å². The van der Waals surface area contributed by atoms with Gasteiger partial charge in [-0.2, -0.15) is 0 Å². The standard InChI is InChI=1S/C29H29NO5/c1-2-34-27-16-19-9-7-8-18(19)14-20(27)15-26(28(31)32)30-29(33)35-17-25-23-12-5-3-10-21(23)22-11-4-6-13-24(22)25/h3-6,10-14,16,25-26H,2,7-9,15,17H2,1H3,(H,30,33)(H,31,32). The molecule has 2 aliphatic carbocycles. The van der Waals surface area contributed by atoms with Crippen LogP contribution in [0.3, 0.4) is 0 Å². The first-order valence-corrected chi connectivity index (χ1v) is 12.2. The van der Waals surface area contributed by atoms with Crippen LogP contribution in [0.5, 0.6) is 5.75 Å². The topological polar surface area (TPSA) is 84.9 Å². The van der Waals surface area contributed by atoms with Gasteiger partial charge in [-0.3, -0.25) is 0 Å². The van der Waals surface area contributed by atoms with Crippen LogP contribution in [0.1, 0.15) is 47.1 Å². The van der Waals surface area contributed by atoms with Crippen molar-refractivity contribution in [3.63, 3.8) is 0 Å². The van der Waals surface area contributed by atoms with Crippen LogP contribution in [0.2, 0.25) is 0 Å². The molecule has 1 unspecified atom stereocenters. The van der Waals surface area contributed by atoms with Crippen LogP contribution in [0.4, 0.5) is 4.79 Å². The first-order valence-electron chi connectivity index (χ1n) is 12.2. The molecule has 0 saturated heterocycles. The lowest BCUT2D eigenvalue weighted by atomic mass is 9.98. The van der Waals surface area contributed by atoms with Gasteiger partial charge in [0, 0.05) is 12.3 Å². The van der Waals surface area contributed by atoms with E-state index < -0.39 is 18.1 Å². The van der Waals surface area contributed by atoms with Crippen LogP contribution in [-0.2, 0) is 28.8 Å². The van der Waals surface area contributed by atoms with Crippen molar-refractivity contribution in [2.75, 3.05) is 13.2 Å². The second-order valence-electron chi connectivity index (χ2n) is 9.08. The molecule has 3 aromatic rings. The normalized spacial score (nSPS) is 14.5. The van der Waals surface area contributed by atoms with Crippen molar-refractivity contribution in [3.8, 4) is 16.9 Å². The van der Waals surface area contributed by atoms with Gasteiger partial charge in [0.2, 0.25) is 0 Å². The summed E-state index contributed by atoms with van der Waals surface area (Å²) in [5.41, 5.74) is 7.77. The summed E-state index contributed by atoms with van der Waals surface area (Å²) in [6.45, 7) is 2.53. The predicted molar refractivity (Wildman–Crippen MR) is 133 cm³/mol. The van der Waals surface area contributed by atoms with E-state index >= 15 is 0 Å². The zero-order valence-electron chi connectivity index (χ0n) is 19.8. The molecule has 0 bridgehead atoms. The number of amides is 1. The van der Waals surface area contributed by atoms with Crippen molar-refractivity contribution < 1.29 is 24.2 Å². The molecule has 0 radical (unpaired) electrons. The van der Waals surface area contributed by atoms with Crippen LogP contribution in [0.25, 0.3) is 11.1 Å². The number of aryl methyl sites for hydroxylation is 2. The molecule has 1 amide bonds. The van der Waals surface area contributed by atoms with Crippen molar-refractivity contribution in [2.24, 2.45) is 0 Å². The van der Waals surface area contributed by atoms with Crippen LogP contribution in [0, 0.1) is 0 Å². The number of hydrogen-bond donors (Lipinski definition) is 2. The fourth-order valence-electron chi connectivity index (χ4n) is 5.30. The summed E-state index contributed by atoms with van der Waals surface area (Å²) in [6.07, 6.45) is 2.47. The van der Waals surface area contributed by atoms with Gasteiger partial charge in [-0.05, 0) is 71.2 Å². The molecule has 3 aromatic carbocycles. The van der Waals surface area contributed by atoms with Gasteiger partial charge < -0.3 is 19.9 Å². The number of benzene rings is 3. The maximum atomic E-state index is 12.7. The lowest BCUT2D eigenvalue weighted by Gasteiger charge is -2.19. The molecule has 0 saturated carbocycles. The fourth-order valence-corrected chi connectivity index (χ4v) is 5.30. The Morgan fingerprint density at radius 1 is 1.00 bits per heavy atom. The molecule has 6 nitrogen and oxygen atoms in total. The Labute approximate surface area is 204 Å². The molecular formula is C29H29NO5. The Balaban J connectivity index is 1.28. The van der Waals surface area contributed by atoms with Crippen molar-refractivity contribution >= 4 is 12.1 Å². The molecule has 0 heterocycles. The van der Waals surface area contributed by atoms with Gasteiger partial charge in [-0.25, -0.2) is 9.59 Å². The molecule has 5 rings (SSSR count). The van der Waals surface area contributed by atoms with E-state index in [0.29, 0.717) is 12.4 Å². The average Bonchev–Trinajstić information content (AvgIpc) is 3.44. The minimum Gasteiger partial charge on any atom is -0.494 e. The van der Waals surface area contributed by atoms with Gasteiger partial charge in [0.05, 0.1) is 6.61 Å². The van der Waals surface area contributed by atoms with E-state index in [4.69, 9.17) is 9.47 Å². The molecule has 180 valence electrons. The summed E-state index contributed by atoms with van der Waals surface area (Å²) >= 11 is 0. The highest BCUT2D eigenvalue weighted by molar-refractivity contribution is 5.81. The van der Waals surface area contributed by atoms with Crippen molar-refractivity contribution in [1.82, 2.24) is 5.32 Å². The highest BCUT2D eigenvalue weighted by Gasteiger charge is 2.30. The Morgan fingerprint density at radius 3 is 2.26 bits per heavy atom. The summed E-state index contributed by atoms with van der Waals surface area (Å²) in [5.74, 6) is -0.507. The van der Waals surface area contributed by atoms with Gasteiger partial charge in [0.15, 0.2) is 0 Å². The average molecular weight is 472 g/mol. The number of hydrogen-bond acceptors (Lipinski definition) is 4. The second kappa shape index (κ2) is 9.82. The first kappa shape index (κ1) is 23.0.